The van der Waals surface area contributed by atoms with Crippen molar-refractivity contribution in [3.05, 3.63) is 0 Å². The molecule has 1 heterocycles. The smallest absolute Gasteiger partial charge is 0.344 e. The van der Waals surface area contributed by atoms with Gasteiger partial charge in [0.2, 0.25) is 5.67 Å². The zero-order valence-corrected chi connectivity index (χ0v) is 6.50. The van der Waals surface area contributed by atoms with E-state index in [9.17, 15) is 9.18 Å². The molecule has 0 spiro atoms. The van der Waals surface area contributed by atoms with Crippen molar-refractivity contribution in [1.29, 1.82) is 0 Å². The number of hydrogen-bond acceptors (Lipinski definition) is 3. The van der Waals surface area contributed by atoms with Crippen LogP contribution in [0.25, 0.3) is 0 Å². The number of ether oxygens (including phenoxy) is 1. The third-order valence-corrected chi connectivity index (χ3v) is 2.25. The molecule has 0 bridgehead atoms. The van der Waals surface area contributed by atoms with E-state index in [0.29, 0.717) is 0 Å². The first-order valence-electron chi connectivity index (χ1n) is 3.51. The van der Waals surface area contributed by atoms with Gasteiger partial charge in [0.1, 0.15) is 6.10 Å². The van der Waals surface area contributed by atoms with E-state index >= 15 is 0 Å². The van der Waals surface area contributed by atoms with E-state index in [2.05, 4.69) is 4.74 Å². The maximum absolute atomic E-state index is 13.2. The molecule has 4 heteroatoms. The van der Waals surface area contributed by atoms with Crippen LogP contribution in [0.4, 0.5) is 4.39 Å². The molecule has 1 fully saturated rings. The average molecular weight is 162 g/mol. The van der Waals surface area contributed by atoms with Gasteiger partial charge in [-0.05, 0) is 6.92 Å². The van der Waals surface area contributed by atoms with Crippen molar-refractivity contribution in [3.63, 3.8) is 0 Å². The zero-order chi connectivity index (χ0) is 8.65. The summed E-state index contributed by atoms with van der Waals surface area (Å²) in [5.74, 6) is -1.44. The first-order chi connectivity index (χ1) is 5.00. The predicted molar refractivity (Wildman–Crippen MR) is 35.6 cm³/mol. The Balaban J connectivity index is 2.80. The first-order valence-corrected chi connectivity index (χ1v) is 3.51. The molecule has 0 radical (unpaired) electrons. The summed E-state index contributed by atoms with van der Waals surface area (Å²) in [5.41, 5.74) is -1.94. The van der Waals surface area contributed by atoms with E-state index in [-0.39, 0.29) is 6.61 Å². The van der Waals surface area contributed by atoms with Crippen LogP contribution in [0.15, 0.2) is 0 Å². The van der Waals surface area contributed by atoms with E-state index in [1.54, 1.807) is 6.92 Å². The van der Waals surface area contributed by atoms with Gasteiger partial charge in [0.25, 0.3) is 0 Å². The van der Waals surface area contributed by atoms with Crippen molar-refractivity contribution in [2.75, 3.05) is 6.61 Å². The third kappa shape index (κ3) is 1.11. The fraction of sp³-hybridized carbons (Fsp3) is 0.857. The second-order valence-corrected chi connectivity index (χ2v) is 2.99. The maximum Gasteiger partial charge on any atom is 0.344 e. The van der Waals surface area contributed by atoms with E-state index in [1.165, 1.54) is 6.92 Å². The van der Waals surface area contributed by atoms with Gasteiger partial charge in [-0.3, -0.25) is 0 Å². The number of rotatable bonds is 1. The van der Waals surface area contributed by atoms with Crippen LogP contribution in [0.2, 0.25) is 0 Å². The Morgan fingerprint density at radius 2 is 2.36 bits per heavy atom. The average Bonchev–Trinajstić information content (AvgIpc) is 2.14. The van der Waals surface area contributed by atoms with Crippen molar-refractivity contribution in [1.82, 2.24) is 0 Å². The molecule has 3 nitrogen and oxygen atoms in total. The van der Waals surface area contributed by atoms with E-state index in [0.717, 1.165) is 0 Å². The fourth-order valence-electron chi connectivity index (χ4n) is 1.09. The van der Waals surface area contributed by atoms with Crippen LogP contribution < -0.4 is 0 Å². The van der Waals surface area contributed by atoms with Crippen molar-refractivity contribution in [2.24, 2.45) is 5.92 Å². The molecule has 1 N–H and O–H groups in total. The van der Waals surface area contributed by atoms with Gasteiger partial charge < -0.3 is 9.84 Å². The van der Waals surface area contributed by atoms with Gasteiger partial charge in [0.15, 0.2) is 0 Å². The first kappa shape index (κ1) is 8.46. The second kappa shape index (κ2) is 2.44. The molecule has 0 aliphatic carbocycles. The lowest BCUT2D eigenvalue weighted by Crippen LogP contribution is -2.32. The lowest BCUT2D eigenvalue weighted by atomic mass is 9.91. The predicted octanol–water partition coefficient (Wildman–Crippen LogP) is 0.268. The third-order valence-electron chi connectivity index (χ3n) is 2.25. The highest BCUT2D eigenvalue weighted by Gasteiger charge is 2.52. The van der Waals surface area contributed by atoms with E-state index in [1.807, 2.05) is 0 Å². The summed E-state index contributed by atoms with van der Waals surface area (Å²) in [6.07, 6.45) is -0.683. The zero-order valence-electron chi connectivity index (χ0n) is 6.50. The highest BCUT2D eigenvalue weighted by atomic mass is 19.1. The number of carbonyl (C=O) groups is 1. The molecule has 1 aliphatic heterocycles. The highest BCUT2D eigenvalue weighted by Crippen LogP contribution is 2.34. The van der Waals surface area contributed by atoms with Crippen LogP contribution in [-0.2, 0) is 9.53 Å². The summed E-state index contributed by atoms with van der Waals surface area (Å²) < 4.78 is 17.8. The van der Waals surface area contributed by atoms with E-state index in [4.69, 9.17) is 5.11 Å². The lowest BCUT2D eigenvalue weighted by Gasteiger charge is -2.15. The summed E-state index contributed by atoms with van der Waals surface area (Å²) in [6.45, 7) is 2.41. The summed E-state index contributed by atoms with van der Waals surface area (Å²) in [7, 11) is 0. The molecule has 11 heavy (non-hydrogen) atoms. The van der Waals surface area contributed by atoms with Crippen LogP contribution >= 0.6 is 0 Å². The number of carbonyl (C=O) groups excluding carboxylic acids is 1. The molecule has 64 valence electrons. The van der Waals surface area contributed by atoms with Crippen LogP contribution in [0.3, 0.4) is 0 Å². The SMILES string of the molecule is C[C@@H]1[C@@H](CO)OC(=O)[C@]1(C)F. The standard InChI is InChI=1S/C7H11FO3/c1-4-5(3-9)11-6(10)7(4,2)8/h4-5,9H,3H2,1-2H3/t4-,5-,7-/m1/s1. The Kier molecular flexibility index (Phi) is 1.88. The Bertz CT molecular complexity index is 179. The number of alkyl halides is 1. The minimum Gasteiger partial charge on any atom is -0.457 e. The molecule has 1 saturated heterocycles. The van der Waals surface area contributed by atoms with Gasteiger partial charge in [0, 0.05) is 5.92 Å². The van der Waals surface area contributed by atoms with Crippen LogP contribution in [0.5, 0.6) is 0 Å². The lowest BCUT2D eigenvalue weighted by molar-refractivity contribution is -0.150. The normalized spacial score (nSPS) is 44.2. The Morgan fingerprint density at radius 3 is 2.55 bits per heavy atom. The minimum absolute atomic E-state index is 0.313. The fourth-order valence-corrected chi connectivity index (χ4v) is 1.09. The molecule has 0 amide bonds. The number of aliphatic hydroxyl groups is 1. The summed E-state index contributed by atoms with van der Waals surface area (Å²) in [4.78, 5) is 10.8. The van der Waals surface area contributed by atoms with Crippen LogP contribution in [-0.4, -0.2) is 29.5 Å². The number of cyclic esters (lactones) is 1. The van der Waals surface area contributed by atoms with Crippen molar-refractivity contribution in [3.8, 4) is 0 Å². The van der Waals surface area contributed by atoms with Crippen molar-refractivity contribution < 1.29 is 19.0 Å². The number of hydrogen-bond donors (Lipinski definition) is 1. The number of esters is 1. The largest absolute Gasteiger partial charge is 0.457 e. The molecular formula is C7H11FO3. The molecule has 1 rings (SSSR count). The molecule has 0 unspecified atom stereocenters. The summed E-state index contributed by atoms with van der Waals surface area (Å²) in [5, 5.41) is 8.64. The number of aliphatic hydroxyl groups excluding tert-OH is 1. The molecule has 0 aromatic carbocycles. The highest BCUT2D eigenvalue weighted by molar-refractivity contribution is 5.81. The Labute approximate surface area is 64.2 Å². The number of halogens is 1. The molecule has 0 saturated carbocycles. The quantitative estimate of drug-likeness (QED) is 0.563. The van der Waals surface area contributed by atoms with Crippen LogP contribution in [0, 0.1) is 5.92 Å². The monoisotopic (exact) mass is 162 g/mol. The maximum atomic E-state index is 13.2. The molecule has 0 aromatic rings. The van der Waals surface area contributed by atoms with Gasteiger partial charge in [0.05, 0.1) is 6.61 Å². The second-order valence-electron chi connectivity index (χ2n) is 2.99. The summed E-state index contributed by atoms with van der Waals surface area (Å²) >= 11 is 0. The summed E-state index contributed by atoms with van der Waals surface area (Å²) in [6, 6.07) is 0. The van der Waals surface area contributed by atoms with Gasteiger partial charge in [-0.15, -0.1) is 0 Å². The Hall–Kier alpha value is -0.640. The topological polar surface area (TPSA) is 46.5 Å². The van der Waals surface area contributed by atoms with E-state index < -0.39 is 23.7 Å². The molecule has 3 atom stereocenters. The van der Waals surface area contributed by atoms with Crippen molar-refractivity contribution in [2.45, 2.75) is 25.6 Å². The van der Waals surface area contributed by atoms with Gasteiger partial charge >= 0.3 is 5.97 Å². The van der Waals surface area contributed by atoms with Crippen LogP contribution in [0.1, 0.15) is 13.8 Å². The van der Waals surface area contributed by atoms with Gasteiger partial charge in [-0.25, -0.2) is 9.18 Å². The minimum atomic E-state index is -1.94. The Morgan fingerprint density at radius 1 is 1.82 bits per heavy atom. The molecule has 0 aromatic heterocycles. The van der Waals surface area contributed by atoms with Crippen molar-refractivity contribution >= 4 is 5.97 Å². The van der Waals surface area contributed by atoms with Gasteiger partial charge in [-0.2, -0.15) is 0 Å². The molecular weight excluding hydrogens is 151 g/mol. The van der Waals surface area contributed by atoms with Gasteiger partial charge in [-0.1, -0.05) is 6.92 Å². The molecule has 1 aliphatic rings.